The van der Waals surface area contributed by atoms with Crippen LogP contribution in [0.1, 0.15) is 17.3 Å². The van der Waals surface area contributed by atoms with Crippen molar-refractivity contribution >= 4 is 11.8 Å². The zero-order valence-electron chi connectivity index (χ0n) is 9.55. The number of benzene rings is 1. The molecule has 4 heteroatoms. The van der Waals surface area contributed by atoms with E-state index in [9.17, 15) is 14.7 Å². The monoisotopic (exact) mass is 234 g/mol. The van der Waals surface area contributed by atoms with Gasteiger partial charge in [-0.25, -0.2) is 4.79 Å². The second-order valence-electron chi connectivity index (χ2n) is 3.78. The van der Waals surface area contributed by atoms with E-state index in [-0.39, 0.29) is 0 Å². The van der Waals surface area contributed by atoms with E-state index in [2.05, 4.69) is 6.58 Å². The van der Waals surface area contributed by atoms with Crippen LogP contribution in [0.3, 0.4) is 0 Å². The predicted molar refractivity (Wildman–Crippen MR) is 62.6 cm³/mol. The van der Waals surface area contributed by atoms with Crippen molar-refractivity contribution in [2.45, 2.75) is 12.5 Å². The van der Waals surface area contributed by atoms with Crippen LogP contribution in [0, 0.1) is 0 Å². The molecule has 0 fully saturated rings. The van der Waals surface area contributed by atoms with Crippen LogP contribution in [0.5, 0.6) is 0 Å². The molecule has 0 radical (unpaired) electrons. The predicted octanol–water partition coefficient (Wildman–Crippen LogP) is 1.35. The van der Waals surface area contributed by atoms with Crippen molar-refractivity contribution < 1.29 is 19.4 Å². The van der Waals surface area contributed by atoms with Crippen LogP contribution in [0.15, 0.2) is 43.0 Å². The van der Waals surface area contributed by atoms with Crippen molar-refractivity contribution in [3.8, 4) is 0 Å². The Labute approximate surface area is 99.5 Å². The molecular formula is C13H14O4. The summed E-state index contributed by atoms with van der Waals surface area (Å²) in [5.74, 6) is -1.17. The van der Waals surface area contributed by atoms with Crippen LogP contribution >= 0.6 is 0 Å². The summed E-state index contributed by atoms with van der Waals surface area (Å²) < 4.78 is 4.86. The van der Waals surface area contributed by atoms with Crippen molar-refractivity contribution in [1.29, 1.82) is 0 Å². The van der Waals surface area contributed by atoms with Crippen molar-refractivity contribution in [3.63, 3.8) is 0 Å². The second-order valence-corrected chi connectivity index (χ2v) is 3.78. The molecule has 0 aliphatic rings. The van der Waals surface area contributed by atoms with Gasteiger partial charge in [0, 0.05) is 0 Å². The van der Waals surface area contributed by atoms with Gasteiger partial charge in [0.15, 0.2) is 11.4 Å². The van der Waals surface area contributed by atoms with E-state index in [0.717, 1.165) is 6.08 Å². The summed E-state index contributed by atoms with van der Waals surface area (Å²) in [4.78, 5) is 22.8. The molecule has 0 saturated carbocycles. The van der Waals surface area contributed by atoms with Gasteiger partial charge in [0.2, 0.25) is 0 Å². The lowest BCUT2D eigenvalue weighted by Gasteiger charge is -2.19. The Morgan fingerprint density at radius 2 is 2.00 bits per heavy atom. The summed E-state index contributed by atoms with van der Waals surface area (Å²) >= 11 is 0. The molecule has 0 spiro atoms. The fourth-order valence-corrected chi connectivity index (χ4v) is 1.15. The van der Waals surface area contributed by atoms with Crippen molar-refractivity contribution in [1.82, 2.24) is 0 Å². The minimum absolute atomic E-state index is 0.370. The third kappa shape index (κ3) is 3.53. The fourth-order valence-electron chi connectivity index (χ4n) is 1.15. The lowest BCUT2D eigenvalue weighted by molar-refractivity contribution is -0.134. The van der Waals surface area contributed by atoms with Crippen LogP contribution < -0.4 is 0 Å². The van der Waals surface area contributed by atoms with Gasteiger partial charge in [0.1, 0.15) is 6.61 Å². The second kappa shape index (κ2) is 5.41. The van der Waals surface area contributed by atoms with Gasteiger partial charge >= 0.3 is 5.97 Å². The number of rotatable bonds is 5. The average molecular weight is 234 g/mol. The molecule has 0 amide bonds. The maximum Gasteiger partial charge on any atom is 0.338 e. The van der Waals surface area contributed by atoms with Gasteiger partial charge in [-0.15, -0.1) is 0 Å². The largest absolute Gasteiger partial charge is 0.459 e. The molecule has 1 N–H and O–H groups in total. The number of hydrogen-bond donors (Lipinski definition) is 1. The molecular weight excluding hydrogens is 220 g/mol. The molecule has 1 unspecified atom stereocenters. The molecule has 1 aromatic carbocycles. The summed E-state index contributed by atoms with van der Waals surface area (Å²) in [5.41, 5.74) is -1.36. The zero-order chi connectivity index (χ0) is 12.9. The van der Waals surface area contributed by atoms with Crippen LogP contribution in [-0.2, 0) is 9.53 Å². The van der Waals surface area contributed by atoms with E-state index in [1.807, 2.05) is 0 Å². The van der Waals surface area contributed by atoms with E-state index in [4.69, 9.17) is 4.74 Å². The molecule has 17 heavy (non-hydrogen) atoms. The number of ether oxygens (including phenoxy) is 1. The quantitative estimate of drug-likeness (QED) is 0.617. The highest BCUT2D eigenvalue weighted by atomic mass is 16.5. The van der Waals surface area contributed by atoms with Gasteiger partial charge in [0.25, 0.3) is 0 Å². The fraction of sp³-hybridized carbons (Fsp3) is 0.231. The SMILES string of the molecule is C=CC(=O)C(C)(O)COC(=O)c1ccccc1. The number of carbonyl (C=O) groups is 2. The van der Waals surface area contributed by atoms with Crippen LogP contribution in [0.4, 0.5) is 0 Å². The van der Waals surface area contributed by atoms with E-state index in [1.54, 1.807) is 30.3 Å². The Kier molecular flexibility index (Phi) is 4.17. The van der Waals surface area contributed by atoms with Gasteiger partial charge in [-0.05, 0) is 25.1 Å². The number of aliphatic hydroxyl groups is 1. The third-order valence-corrected chi connectivity index (χ3v) is 2.21. The van der Waals surface area contributed by atoms with E-state index in [0.29, 0.717) is 5.56 Å². The van der Waals surface area contributed by atoms with Crippen molar-refractivity contribution in [2.75, 3.05) is 6.61 Å². The Bertz CT molecular complexity index is 420. The minimum atomic E-state index is -1.73. The van der Waals surface area contributed by atoms with E-state index >= 15 is 0 Å². The average Bonchev–Trinajstić information content (AvgIpc) is 2.36. The molecule has 0 saturated heterocycles. The lowest BCUT2D eigenvalue weighted by atomic mass is 10.0. The first-order valence-electron chi connectivity index (χ1n) is 5.09. The van der Waals surface area contributed by atoms with Gasteiger partial charge in [-0.2, -0.15) is 0 Å². The highest BCUT2D eigenvalue weighted by molar-refractivity contribution is 5.96. The van der Waals surface area contributed by atoms with Gasteiger partial charge in [0.05, 0.1) is 5.56 Å². The number of carbonyl (C=O) groups excluding carboxylic acids is 2. The Balaban J connectivity index is 2.60. The molecule has 0 aliphatic heterocycles. The Morgan fingerprint density at radius 1 is 1.41 bits per heavy atom. The van der Waals surface area contributed by atoms with Crippen LogP contribution in [0.2, 0.25) is 0 Å². The third-order valence-electron chi connectivity index (χ3n) is 2.21. The highest BCUT2D eigenvalue weighted by Crippen LogP contribution is 2.09. The van der Waals surface area contributed by atoms with E-state index < -0.39 is 24.0 Å². The summed E-state index contributed by atoms with van der Waals surface area (Å²) in [7, 11) is 0. The molecule has 1 atom stereocenters. The van der Waals surface area contributed by atoms with Gasteiger partial charge < -0.3 is 9.84 Å². The van der Waals surface area contributed by atoms with Crippen molar-refractivity contribution in [2.24, 2.45) is 0 Å². The zero-order valence-corrected chi connectivity index (χ0v) is 9.55. The first-order valence-corrected chi connectivity index (χ1v) is 5.09. The minimum Gasteiger partial charge on any atom is -0.459 e. The maximum atomic E-state index is 11.5. The Morgan fingerprint density at radius 3 is 2.53 bits per heavy atom. The van der Waals surface area contributed by atoms with Crippen LogP contribution in [0.25, 0.3) is 0 Å². The molecule has 0 bridgehead atoms. The van der Waals surface area contributed by atoms with E-state index in [1.165, 1.54) is 6.92 Å². The molecule has 1 rings (SSSR count). The van der Waals surface area contributed by atoms with Gasteiger partial charge in [-0.1, -0.05) is 24.8 Å². The summed E-state index contributed by atoms with van der Waals surface area (Å²) in [6, 6.07) is 8.35. The summed E-state index contributed by atoms with van der Waals surface area (Å²) in [5, 5.41) is 9.68. The van der Waals surface area contributed by atoms with Gasteiger partial charge in [-0.3, -0.25) is 4.79 Å². The first-order chi connectivity index (χ1) is 7.97. The summed E-state index contributed by atoms with van der Waals surface area (Å²) in [6.07, 6.45) is 0.996. The highest BCUT2D eigenvalue weighted by Gasteiger charge is 2.29. The Hall–Kier alpha value is -1.94. The molecule has 0 heterocycles. The summed E-state index contributed by atoms with van der Waals surface area (Å²) in [6.45, 7) is 4.14. The maximum absolute atomic E-state index is 11.5. The first kappa shape index (κ1) is 13.1. The standard InChI is InChI=1S/C13H14O4/c1-3-11(14)13(2,16)9-17-12(15)10-7-5-4-6-8-10/h3-8,16H,1,9H2,2H3. The smallest absolute Gasteiger partial charge is 0.338 e. The number of hydrogen-bond acceptors (Lipinski definition) is 4. The number of esters is 1. The lowest BCUT2D eigenvalue weighted by Crippen LogP contribution is -2.39. The van der Waals surface area contributed by atoms with Crippen molar-refractivity contribution in [3.05, 3.63) is 48.6 Å². The van der Waals surface area contributed by atoms with Crippen LogP contribution in [-0.4, -0.2) is 29.1 Å². The number of ketones is 1. The topological polar surface area (TPSA) is 63.6 Å². The molecule has 90 valence electrons. The molecule has 0 aliphatic carbocycles. The molecule has 0 aromatic heterocycles. The molecule has 1 aromatic rings. The normalized spacial score (nSPS) is 13.5. The molecule has 4 nitrogen and oxygen atoms in total.